The van der Waals surface area contributed by atoms with E-state index in [1.54, 1.807) is 18.7 Å². The van der Waals surface area contributed by atoms with Crippen LogP contribution in [-0.4, -0.2) is 70.7 Å². The smallest absolute Gasteiger partial charge is 0.330 e. The molecule has 2 aliphatic rings. The predicted molar refractivity (Wildman–Crippen MR) is 148 cm³/mol. The molecule has 4 aromatic rings. The highest BCUT2D eigenvalue weighted by molar-refractivity contribution is 6.02. The largest absolute Gasteiger partial charge is 0.381 e. The molecule has 2 fully saturated rings. The number of anilines is 1. The first-order valence-corrected chi connectivity index (χ1v) is 13.4. The van der Waals surface area contributed by atoms with Crippen molar-refractivity contribution in [3.63, 3.8) is 0 Å². The van der Waals surface area contributed by atoms with Gasteiger partial charge < -0.3 is 14.5 Å². The van der Waals surface area contributed by atoms with Crippen molar-refractivity contribution < 1.29 is 4.74 Å². The second-order valence-electron chi connectivity index (χ2n) is 10.9. The lowest BCUT2D eigenvalue weighted by molar-refractivity contribution is 0.106. The monoisotopic (exact) mass is 500 g/mol. The first-order chi connectivity index (χ1) is 17.9. The zero-order valence-corrected chi connectivity index (χ0v) is 22.2. The first kappa shape index (κ1) is 24.1. The average Bonchev–Trinajstić information content (AvgIpc) is 3.51. The fraction of sp³-hybridized carbons (Fsp3) is 0.483. The van der Waals surface area contributed by atoms with Crippen LogP contribution in [0.2, 0.25) is 0 Å². The number of piperidine rings is 1. The molecule has 0 bridgehead atoms. The minimum Gasteiger partial charge on any atom is -0.381 e. The van der Waals surface area contributed by atoms with E-state index >= 15 is 0 Å². The second-order valence-corrected chi connectivity index (χ2v) is 10.9. The normalized spacial score (nSPS) is 21.1. The van der Waals surface area contributed by atoms with Gasteiger partial charge in [0, 0.05) is 50.4 Å². The standard InChI is InChI=1S/C29H36N6O2/c1-32(2)21-13-15-34(16-14-21)22-8-5-19(6-9-22)20-7-12-26-25(17-20)27-28(31-30-26)33(3)29(36)35(27)23-10-11-24(18-23)37-4/h5-9,12,17,21,23-24H,10-11,13-16,18H2,1-4H3/t23-,24-/m1/s1. The highest BCUT2D eigenvalue weighted by Crippen LogP contribution is 2.35. The van der Waals surface area contributed by atoms with E-state index < -0.39 is 0 Å². The van der Waals surface area contributed by atoms with Crippen LogP contribution in [0.15, 0.2) is 47.3 Å². The molecule has 0 amide bonds. The SMILES string of the molecule is CO[C@@H]1CC[C@@H](n2c(=O)n(C)c3nnc4ccc(-c5ccc(N6CCC(N(C)C)CC6)cc5)cc4c32)C1. The topological polar surface area (TPSA) is 68.4 Å². The van der Waals surface area contributed by atoms with Gasteiger partial charge >= 0.3 is 5.69 Å². The number of ether oxygens (including phenoxy) is 1. The van der Waals surface area contributed by atoms with Crippen LogP contribution in [0, 0.1) is 0 Å². The summed E-state index contributed by atoms with van der Waals surface area (Å²) in [7, 11) is 7.89. The molecule has 2 atom stereocenters. The number of imidazole rings is 1. The number of rotatable bonds is 5. The number of benzene rings is 2. The second kappa shape index (κ2) is 9.58. The molecule has 0 unspecified atom stereocenters. The molecule has 2 aromatic carbocycles. The lowest BCUT2D eigenvalue weighted by Crippen LogP contribution is -2.41. The Morgan fingerprint density at radius 1 is 0.946 bits per heavy atom. The molecular weight excluding hydrogens is 464 g/mol. The highest BCUT2D eigenvalue weighted by atomic mass is 16.5. The van der Waals surface area contributed by atoms with Crippen LogP contribution in [0.5, 0.6) is 0 Å². The van der Waals surface area contributed by atoms with Crippen molar-refractivity contribution in [3.8, 4) is 11.1 Å². The van der Waals surface area contributed by atoms with Crippen molar-refractivity contribution in [1.29, 1.82) is 0 Å². The van der Waals surface area contributed by atoms with Crippen LogP contribution in [-0.2, 0) is 11.8 Å². The summed E-state index contributed by atoms with van der Waals surface area (Å²) in [5.74, 6) is 0. The number of hydrogen-bond donors (Lipinski definition) is 0. The Morgan fingerprint density at radius 2 is 1.68 bits per heavy atom. The zero-order valence-electron chi connectivity index (χ0n) is 22.2. The molecule has 1 saturated carbocycles. The quantitative estimate of drug-likeness (QED) is 0.409. The number of fused-ring (bicyclic) bond motifs is 3. The molecule has 1 saturated heterocycles. The number of aryl methyl sites for hydroxylation is 1. The molecule has 37 heavy (non-hydrogen) atoms. The lowest BCUT2D eigenvalue weighted by Gasteiger charge is -2.36. The number of hydrogen-bond acceptors (Lipinski definition) is 6. The van der Waals surface area contributed by atoms with Crippen LogP contribution < -0.4 is 10.6 Å². The maximum absolute atomic E-state index is 13.3. The number of methoxy groups -OCH3 is 1. The van der Waals surface area contributed by atoms with E-state index in [0.717, 1.165) is 59.9 Å². The minimum absolute atomic E-state index is 0.0358. The van der Waals surface area contributed by atoms with E-state index in [0.29, 0.717) is 11.7 Å². The van der Waals surface area contributed by atoms with Crippen molar-refractivity contribution in [1.82, 2.24) is 24.2 Å². The molecule has 0 radical (unpaired) electrons. The van der Waals surface area contributed by atoms with E-state index in [1.165, 1.54) is 18.5 Å². The van der Waals surface area contributed by atoms with Crippen molar-refractivity contribution in [2.24, 2.45) is 7.05 Å². The number of nitrogens with zero attached hydrogens (tertiary/aromatic N) is 6. The van der Waals surface area contributed by atoms with Gasteiger partial charge in [-0.2, -0.15) is 0 Å². The Hall–Kier alpha value is -3.23. The van der Waals surface area contributed by atoms with E-state index in [1.807, 2.05) is 10.6 Å². The Balaban J connectivity index is 1.36. The summed E-state index contributed by atoms with van der Waals surface area (Å²) in [4.78, 5) is 18.2. The van der Waals surface area contributed by atoms with Crippen LogP contribution in [0.3, 0.4) is 0 Å². The maximum Gasteiger partial charge on any atom is 0.330 e. The van der Waals surface area contributed by atoms with Gasteiger partial charge in [0.2, 0.25) is 0 Å². The van der Waals surface area contributed by atoms with Gasteiger partial charge in [0.15, 0.2) is 5.65 Å². The molecule has 8 nitrogen and oxygen atoms in total. The molecule has 8 heteroatoms. The van der Waals surface area contributed by atoms with Crippen molar-refractivity contribution in [3.05, 3.63) is 52.9 Å². The zero-order chi connectivity index (χ0) is 25.7. The Morgan fingerprint density at radius 3 is 2.35 bits per heavy atom. The molecule has 0 N–H and O–H groups in total. The molecular formula is C29H36N6O2. The third kappa shape index (κ3) is 4.22. The fourth-order valence-corrected chi connectivity index (χ4v) is 6.28. The molecule has 3 heterocycles. The summed E-state index contributed by atoms with van der Waals surface area (Å²) in [5, 5.41) is 9.86. The summed E-state index contributed by atoms with van der Waals surface area (Å²) in [6, 6.07) is 15.9. The van der Waals surface area contributed by atoms with Crippen molar-refractivity contribution >= 4 is 27.8 Å². The predicted octanol–water partition coefficient (Wildman–Crippen LogP) is 4.22. The highest BCUT2D eigenvalue weighted by Gasteiger charge is 2.30. The van der Waals surface area contributed by atoms with Gasteiger partial charge in [0.1, 0.15) is 5.52 Å². The van der Waals surface area contributed by atoms with Gasteiger partial charge in [-0.15, -0.1) is 10.2 Å². The van der Waals surface area contributed by atoms with Gasteiger partial charge in [-0.3, -0.25) is 9.13 Å². The Kier molecular flexibility index (Phi) is 6.24. The fourth-order valence-electron chi connectivity index (χ4n) is 6.28. The summed E-state index contributed by atoms with van der Waals surface area (Å²) in [6.45, 7) is 2.18. The van der Waals surface area contributed by atoms with Gasteiger partial charge in [-0.25, -0.2) is 4.79 Å². The minimum atomic E-state index is -0.0358. The number of aromatic nitrogens is 4. The summed E-state index contributed by atoms with van der Waals surface area (Å²) in [5.41, 5.74) is 5.82. The summed E-state index contributed by atoms with van der Waals surface area (Å²) in [6.07, 6.45) is 5.31. The van der Waals surface area contributed by atoms with E-state index in [2.05, 4.69) is 70.5 Å². The lowest BCUT2D eigenvalue weighted by atomic mass is 10.0. The van der Waals surface area contributed by atoms with Gasteiger partial charge in [0.25, 0.3) is 0 Å². The van der Waals surface area contributed by atoms with Crippen molar-refractivity contribution in [2.45, 2.75) is 50.3 Å². The van der Waals surface area contributed by atoms with Crippen LogP contribution in [0.4, 0.5) is 5.69 Å². The van der Waals surface area contributed by atoms with Crippen LogP contribution in [0.1, 0.15) is 38.1 Å². The Labute approximate surface area is 217 Å². The van der Waals surface area contributed by atoms with Gasteiger partial charge in [0.05, 0.1) is 11.6 Å². The summed E-state index contributed by atoms with van der Waals surface area (Å²) >= 11 is 0. The third-order valence-corrected chi connectivity index (χ3v) is 8.58. The van der Waals surface area contributed by atoms with Crippen LogP contribution in [0.25, 0.3) is 33.2 Å². The molecule has 2 aromatic heterocycles. The summed E-state index contributed by atoms with van der Waals surface area (Å²) < 4.78 is 9.17. The molecule has 1 aliphatic heterocycles. The average molecular weight is 501 g/mol. The Bertz CT molecular complexity index is 1480. The molecule has 6 rings (SSSR count). The molecule has 0 spiro atoms. The van der Waals surface area contributed by atoms with Crippen LogP contribution >= 0.6 is 0 Å². The molecule has 1 aliphatic carbocycles. The van der Waals surface area contributed by atoms with E-state index in [4.69, 9.17) is 4.74 Å². The third-order valence-electron chi connectivity index (χ3n) is 8.58. The molecule has 194 valence electrons. The first-order valence-electron chi connectivity index (χ1n) is 13.4. The van der Waals surface area contributed by atoms with Gasteiger partial charge in [-0.05, 0) is 81.6 Å². The van der Waals surface area contributed by atoms with Crippen molar-refractivity contribution in [2.75, 3.05) is 39.2 Å². The van der Waals surface area contributed by atoms with Gasteiger partial charge in [-0.1, -0.05) is 18.2 Å². The van der Waals surface area contributed by atoms with E-state index in [9.17, 15) is 4.79 Å². The maximum atomic E-state index is 13.3. The van der Waals surface area contributed by atoms with E-state index in [-0.39, 0.29) is 17.8 Å².